The van der Waals surface area contributed by atoms with Gasteiger partial charge in [-0.05, 0) is 35.8 Å². The van der Waals surface area contributed by atoms with Crippen LogP contribution in [0.2, 0.25) is 0 Å². The average Bonchev–Trinajstić information content (AvgIpc) is 2.94. The van der Waals surface area contributed by atoms with E-state index in [-0.39, 0.29) is 0 Å². The molecule has 0 radical (unpaired) electrons. The normalized spacial score (nSPS) is 13.9. The molecule has 0 fully saturated rings. The predicted octanol–water partition coefficient (Wildman–Crippen LogP) is 3.57. The van der Waals surface area contributed by atoms with E-state index in [0.717, 1.165) is 24.6 Å². The number of hydrogen-bond acceptors (Lipinski definition) is 2. The molecule has 1 aliphatic rings. The van der Waals surface area contributed by atoms with Gasteiger partial charge in [-0.3, -0.25) is 0 Å². The van der Waals surface area contributed by atoms with E-state index in [2.05, 4.69) is 35.7 Å². The number of ether oxygens (including phenoxy) is 1. The topological polar surface area (TPSA) is 21.3 Å². The van der Waals surface area contributed by atoms with E-state index in [1.165, 1.54) is 11.1 Å². The summed E-state index contributed by atoms with van der Waals surface area (Å²) in [5.41, 5.74) is 2.43. The van der Waals surface area contributed by atoms with Crippen molar-refractivity contribution >= 4 is 0 Å². The summed E-state index contributed by atoms with van der Waals surface area (Å²) in [7, 11) is 0. The zero-order valence-electron chi connectivity index (χ0n) is 10.1. The molecular weight excluding hydrogens is 222 g/mol. The van der Waals surface area contributed by atoms with E-state index >= 15 is 0 Å². The van der Waals surface area contributed by atoms with Crippen LogP contribution in [-0.4, -0.2) is 6.54 Å². The van der Waals surface area contributed by atoms with Gasteiger partial charge in [-0.15, -0.1) is 0 Å². The molecule has 2 nitrogen and oxygen atoms in total. The van der Waals surface area contributed by atoms with Gasteiger partial charge in [0, 0.05) is 6.54 Å². The van der Waals surface area contributed by atoms with Gasteiger partial charge in [-0.25, -0.2) is 0 Å². The standard InChI is InChI=1S/C16H15NO/c1-2-5-13(6-3-1)14-8-10-15(11-9-14)18-16-7-4-12-17-16/h1-3,5-11,17H,4,12H2. The molecule has 0 saturated carbocycles. The molecule has 90 valence electrons. The molecule has 1 aliphatic heterocycles. The van der Waals surface area contributed by atoms with Crippen LogP contribution >= 0.6 is 0 Å². The van der Waals surface area contributed by atoms with Gasteiger partial charge in [-0.2, -0.15) is 0 Å². The van der Waals surface area contributed by atoms with Gasteiger partial charge in [0.1, 0.15) is 5.75 Å². The number of nitrogens with one attached hydrogen (secondary N) is 1. The fourth-order valence-corrected chi connectivity index (χ4v) is 2.02. The Labute approximate surface area is 107 Å². The molecule has 2 heteroatoms. The van der Waals surface area contributed by atoms with Gasteiger partial charge >= 0.3 is 0 Å². The number of rotatable bonds is 3. The Kier molecular flexibility index (Phi) is 3.01. The predicted molar refractivity (Wildman–Crippen MR) is 73.2 cm³/mol. The SMILES string of the molecule is C1=C(Oc2ccc(-c3ccccc3)cc2)NCC1. The highest BCUT2D eigenvalue weighted by Gasteiger charge is 2.05. The Bertz CT molecular complexity index is 543. The minimum Gasteiger partial charge on any atom is -0.442 e. The minimum atomic E-state index is 0.863. The molecule has 2 aromatic rings. The fraction of sp³-hybridized carbons (Fsp3) is 0.125. The molecule has 0 saturated heterocycles. The molecule has 0 spiro atoms. The van der Waals surface area contributed by atoms with Crippen LogP contribution < -0.4 is 10.1 Å². The highest BCUT2D eigenvalue weighted by Crippen LogP contribution is 2.23. The third kappa shape index (κ3) is 2.38. The maximum atomic E-state index is 5.72. The second-order valence-electron chi connectivity index (χ2n) is 4.28. The molecule has 0 unspecified atom stereocenters. The Morgan fingerprint density at radius 2 is 1.56 bits per heavy atom. The Balaban J connectivity index is 1.77. The average molecular weight is 237 g/mol. The maximum absolute atomic E-state index is 5.72. The smallest absolute Gasteiger partial charge is 0.189 e. The maximum Gasteiger partial charge on any atom is 0.189 e. The van der Waals surface area contributed by atoms with Crippen molar-refractivity contribution < 1.29 is 4.74 Å². The second kappa shape index (κ2) is 4.96. The number of hydrogen-bond donors (Lipinski definition) is 1. The highest BCUT2D eigenvalue weighted by atomic mass is 16.5. The van der Waals surface area contributed by atoms with Gasteiger partial charge in [0.15, 0.2) is 5.88 Å². The van der Waals surface area contributed by atoms with Gasteiger partial charge in [0.2, 0.25) is 0 Å². The van der Waals surface area contributed by atoms with Crippen molar-refractivity contribution in [1.29, 1.82) is 0 Å². The van der Waals surface area contributed by atoms with E-state index in [1.807, 2.05) is 30.3 Å². The van der Waals surface area contributed by atoms with Crippen molar-refractivity contribution in [2.75, 3.05) is 6.54 Å². The zero-order chi connectivity index (χ0) is 12.2. The highest BCUT2D eigenvalue weighted by molar-refractivity contribution is 5.63. The molecule has 0 bridgehead atoms. The molecule has 3 rings (SSSR count). The lowest BCUT2D eigenvalue weighted by atomic mass is 10.1. The molecule has 1 N–H and O–H groups in total. The summed E-state index contributed by atoms with van der Waals surface area (Å²) in [5, 5.41) is 3.19. The van der Waals surface area contributed by atoms with Crippen LogP contribution in [0.4, 0.5) is 0 Å². The molecule has 18 heavy (non-hydrogen) atoms. The van der Waals surface area contributed by atoms with E-state index in [4.69, 9.17) is 4.74 Å². The van der Waals surface area contributed by atoms with Crippen LogP contribution in [0.3, 0.4) is 0 Å². The lowest BCUT2D eigenvalue weighted by Gasteiger charge is -2.08. The Morgan fingerprint density at radius 1 is 0.833 bits per heavy atom. The zero-order valence-corrected chi connectivity index (χ0v) is 10.1. The van der Waals surface area contributed by atoms with Crippen molar-refractivity contribution in [2.45, 2.75) is 6.42 Å². The molecule has 0 aromatic heterocycles. The summed E-state index contributed by atoms with van der Waals surface area (Å²) in [6.45, 7) is 0.970. The lowest BCUT2D eigenvalue weighted by Crippen LogP contribution is -2.12. The molecule has 0 aliphatic carbocycles. The lowest BCUT2D eigenvalue weighted by molar-refractivity contribution is 0.394. The van der Waals surface area contributed by atoms with Crippen molar-refractivity contribution in [3.05, 3.63) is 66.6 Å². The Hall–Kier alpha value is -2.22. The van der Waals surface area contributed by atoms with Crippen molar-refractivity contribution in [1.82, 2.24) is 5.32 Å². The largest absolute Gasteiger partial charge is 0.442 e. The third-order valence-corrected chi connectivity index (χ3v) is 2.96. The monoisotopic (exact) mass is 237 g/mol. The van der Waals surface area contributed by atoms with Gasteiger partial charge in [0.05, 0.1) is 0 Å². The molecule has 0 amide bonds. The van der Waals surface area contributed by atoms with E-state index in [1.54, 1.807) is 0 Å². The van der Waals surface area contributed by atoms with E-state index in [9.17, 15) is 0 Å². The summed E-state index contributed by atoms with van der Waals surface area (Å²) in [6.07, 6.45) is 3.11. The molecule has 1 heterocycles. The first-order valence-corrected chi connectivity index (χ1v) is 6.19. The van der Waals surface area contributed by atoms with Gasteiger partial charge in [-0.1, -0.05) is 42.5 Å². The quantitative estimate of drug-likeness (QED) is 0.881. The van der Waals surface area contributed by atoms with Gasteiger partial charge < -0.3 is 10.1 Å². The first-order chi connectivity index (χ1) is 8.92. The van der Waals surface area contributed by atoms with Crippen LogP contribution in [-0.2, 0) is 0 Å². The first-order valence-electron chi connectivity index (χ1n) is 6.19. The third-order valence-electron chi connectivity index (χ3n) is 2.96. The van der Waals surface area contributed by atoms with Crippen LogP contribution in [0.5, 0.6) is 5.75 Å². The molecular formula is C16H15NO. The first kappa shape index (κ1) is 10.9. The summed E-state index contributed by atoms with van der Waals surface area (Å²) < 4.78 is 5.72. The van der Waals surface area contributed by atoms with Crippen molar-refractivity contribution in [2.24, 2.45) is 0 Å². The second-order valence-corrected chi connectivity index (χ2v) is 4.28. The molecule has 2 aromatic carbocycles. The number of benzene rings is 2. The minimum absolute atomic E-state index is 0.863. The Morgan fingerprint density at radius 3 is 2.22 bits per heavy atom. The van der Waals surface area contributed by atoms with E-state index in [0.29, 0.717) is 0 Å². The van der Waals surface area contributed by atoms with Crippen molar-refractivity contribution in [3.63, 3.8) is 0 Å². The van der Waals surface area contributed by atoms with Crippen molar-refractivity contribution in [3.8, 4) is 16.9 Å². The summed E-state index contributed by atoms with van der Waals surface area (Å²) in [5.74, 6) is 1.73. The van der Waals surface area contributed by atoms with Crippen LogP contribution in [0.25, 0.3) is 11.1 Å². The van der Waals surface area contributed by atoms with Gasteiger partial charge in [0.25, 0.3) is 0 Å². The van der Waals surface area contributed by atoms with E-state index < -0.39 is 0 Å². The summed E-state index contributed by atoms with van der Waals surface area (Å²) >= 11 is 0. The summed E-state index contributed by atoms with van der Waals surface area (Å²) in [4.78, 5) is 0. The molecule has 0 atom stereocenters. The van der Waals surface area contributed by atoms with Crippen LogP contribution in [0, 0.1) is 0 Å². The van der Waals surface area contributed by atoms with Crippen LogP contribution in [0.1, 0.15) is 6.42 Å². The van der Waals surface area contributed by atoms with Crippen LogP contribution in [0.15, 0.2) is 66.6 Å². The summed E-state index contributed by atoms with van der Waals surface area (Å²) in [6, 6.07) is 18.5. The fourth-order valence-electron chi connectivity index (χ4n) is 2.02.